The van der Waals surface area contributed by atoms with Crippen LogP contribution in [0.4, 0.5) is 0 Å². The van der Waals surface area contributed by atoms with Crippen molar-refractivity contribution in [1.29, 1.82) is 0 Å². The molecule has 0 heterocycles. The van der Waals surface area contributed by atoms with Crippen molar-refractivity contribution in [2.45, 2.75) is 26.7 Å². The summed E-state index contributed by atoms with van der Waals surface area (Å²) in [6, 6.07) is 0. The SMILES string of the molecule is COC(=O)CC(C)(C)CC(=O)CCl. The Morgan fingerprint density at radius 2 is 1.85 bits per heavy atom. The van der Waals surface area contributed by atoms with Crippen LogP contribution in [-0.2, 0) is 14.3 Å². The van der Waals surface area contributed by atoms with Gasteiger partial charge in [-0.3, -0.25) is 9.59 Å². The molecule has 0 rings (SSSR count). The molecule has 0 bridgehead atoms. The molecule has 0 saturated heterocycles. The summed E-state index contributed by atoms with van der Waals surface area (Å²) in [7, 11) is 1.34. The van der Waals surface area contributed by atoms with Gasteiger partial charge < -0.3 is 4.74 Å². The lowest BCUT2D eigenvalue weighted by Crippen LogP contribution is -2.22. The first-order valence-corrected chi connectivity index (χ1v) is 4.59. The molecule has 0 aromatic rings. The number of Topliss-reactive ketones (excluding diaryl/α,β-unsaturated/α-hetero) is 1. The van der Waals surface area contributed by atoms with Crippen molar-refractivity contribution >= 4 is 23.4 Å². The molecular formula is C9H15ClO3. The molecule has 0 spiro atoms. The summed E-state index contributed by atoms with van der Waals surface area (Å²) in [6.45, 7) is 3.68. The molecule has 0 amide bonds. The van der Waals surface area contributed by atoms with Crippen LogP contribution in [-0.4, -0.2) is 24.7 Å². The molecular weight excluding hydrogens is 192 g/mol. The second kappa shape index (κ2) is 5.22. The predicted octanol–water partition coefficient (Wildman–Crippen LogP) is 1.77. The van der Waals surface area contributed by atoms with Crippen molar-refractivity contribution < 1.29 is 14.3 Å². The monoisotopic (exact) mass is 206 g/mol. The van der Waals surface area contributed by atoms with Gasteiger partial charge in [-0.1, -0.05) is 13.8 Å². The zero-order chi connectivity index (χ0) is 10.5. The Kier molecular flexibility index (Phi) is 4.99. The highest BCUT2D eigenvalue weighted by Crippen LogP contribution is 2.25. The highest BCUT2D eigenvalue weighted by atomic mass is 35.5. The van der Waals surface area contributed by atoms with Gasteiger partial charge in [0.2, 0.25) is 0 Å². The number of halogens is 1. The van der Waals surface area contributed by atoms with Crippen LogP contribution in [0.2, 0.25) is 0 Å². The van der Waals surface area contributed by atoms with E-state index in [0.717, 1.165) is 0 Å². The van der Waals surface area contributed by atoms with Gasteiger partial charge in [-0.05, 0) is 5.41 Å². The number of hydrogen-bond acceptors (Lipinski definition) is 3. The lowest BCUT2D eigenvalue weighted by molar-refractivity contribution is -0.143. The van der Waals surface area contributed by atoms with E-state index >= 15 is 0 Å². The lowest BCUT2D eigenvalue weighted by Gasteiger charge is -2.21. The van der Waals surface area contributed by atoms with Gasteiger partial charge in [0.15, 0.2) is 0 Å². The topological polar surface area (TPSA) is 43.4 Å². The lowest BCUT2D eigenvalue weighted by atomic mass is 9.84. The van der Waals surface area contributed by atoms with Gasteiger partial charge in [-0.15, -0.1) is 11.6 Å². The number of carbonyl (C=O) groups excluding carboxylic acids is 2. The summed E-state index contributed by atoms with van der Waals surface area (Å²) in [5, 5.41) is 0. The smallest absolute Gasteiger partial charge is 0.306 e. The molecule has 0 N–H and O–H groups in total. The van der Waals surface area contributed by atoms with E-state index < -0.39 is 0 Å². The zero-order valence-corrected chi connectivity index (χ0v) is 8.98. The molecule has 0 atom stereocenters. The molecule has 0 aromatic carbocycles. The van der Waals surface area contributed by atoms with Crippen molar-refractivity contribution in [1.82, 2.24) is 0 Å². The van der Waals surface area contributed by atoms with E-state index in [-0.39, 0.29) is 29.5 Å². The molecule has 0 aliphatic carbocycles. The minimum atomic E-state index is -0.362. The third-order valence-corrected chi connectivity index (χ3v) is 1.97. The number of ketones is 1. The predicted molar refractivity (Wildman–Crippen MR) is 50.8 cm³/mol. The van der Waals surface area contributed by atoms with E-state index in [0.29, 0.717) is 6.42 Å². The van der Waals surface area contributed by atoms with E-state index in [2.05, 4.69) is 4.74 Å². The molecule has 76 valence electrons. The van der Waals surface area contributed by atoms with Crippen LogP contribution in [0.3, 0.4) is 0 Å². The van der Waals surface area contributed by atoms with Crippen LogP contribution >= 0.6 is 11.6 Å². The van der Waals surface area contributed by atoms with Crippen LogP contribution in [0.25, 0.3) is 0 Å². The molecule has 0 aliphatic rings. The number of alkyl halides is 1. The number of hydrogen-bond donors (Lipinski definition) is 0. The van der Waals surface area contributed by atoms with Gasteiger partial charge in [0.1, 0.15) is 5.78 Å². The molecule has 0 saturated carbocycles. The Morgan fingerprint density at radius 3 is 2.23 bits per heavy atom. The van der Waals surface area contributed by atoms with Crippen LogP contribution < -0.4 is 0 Å². The Balaban J connectivity index is 4.07. The van der Waals surface area contributed by atoms with Gasteiger partial charge in [-0.2, -0.15) is 0 Å². The van der Waals surface area contributed by atoms with Gasteiger partial charge >= 0.3 is 5.97 Å². The summed E-state index contributed by atoms with van der Waals surface area (Å²) in [6.07, 6.45) is 0.553. The van der Waals surface area contributed by atoms with Crippen molar-refractivity contribution in [2.24, 2.45) is 5.41 Å². The molecule has 3 nitrogen and oxygen atoms in total. The number of esters is 1. The molecule has 0 fully saturated rings. The van der Waals surface area contributed by atoms with E-state index in [1.165, 1.54) is 7.11 Å². The van der Waals surface area contributed by atoms with Gasteiger partial charge in [-0.25, -0.2) is 0 Å². The Morgan fingerprint density at radius 1 is 1.31 bits per heavy atom. The van der Waals surface area contributed by atoms with Crippen LogP contribution in [0.15, 0.2) is 0 Å². The van der Waals surface area contributed by atoms with Crippen LogP contribution in [0.5, 0.6) is 0 Å². The van der Waals surface area contributed by atoms with E-state index in [9.17, 15) is 9.59 Å². The van der Waals surface area contributed by atoms with Gasteiger partial charge in [0.05, 0.1) is 19.4 Å². The Bertz CT molecular complexity index is 179. The molecule has 4 heteroatoms. The van der Waals surface area contributed by atoms with Crippen LogP contribution in [0.1, 0.15) is 26.7 Å². The van der Waals surface area contributed by atoms with E-state index in [1.54, 1.807) is 0 Å². The fraction of sp³-hybridized carbons (Fsp3) is 0.778. The van der Waals surface area contributed by atoms with Gasteiger partial charge in [0.25, 0.3) is 0 Å². The second-order valence-corrected chi connectivity index (χ2v) is 4.03. The Labute approximate surface area is 83.4 Å². The number of carbonyl (C=O) groups is 2. The maximum absolute atomic E-state index is 11.0. The maximum Gasteiger partial charge on any atom is 0.306 e. The summed E-state index contributed by atoms with van der Waals surface area (Å²) in [5.41, 5.74) is -0.362. The maximum atomic E-state index is 11.0. The minimum Gasteiger partial charge on any atom is -0.469 e. The summed E-state index contributed by atoms with van der Waals surface area (Å²) < 4.78 is 4.52. The second-order valence-electron chi connectivity index (χ2n) is 3.77. The summed E-state index contributed by atoms with van der Waals surface area (Å²) in [4.78, 5) is 21.9. The molecule has 0 radical (unpaired) electrons. The largest absolute Gasteiger partial charge is 0.469 e. The highest BCUT2D eigenvalue weighted by Gasteiger charge is 2.25. The fourth-order valence-corrected chi connectivity index (χ4v) is 1.20. The number of methoxy groups -OCH3 is 1. The average Bonchev–Trinajstić information content (AvgIpc) is 2.02. The van der Waals surface area contributed by atoms with Crippen molar-refractivity contribution in [3.8, 4) is 0 Å². The van der Waals surface area contributed by atoms with E-state index in [4.69, 9.17) is 11.6 Å². The third kappa shape index (κ3) is 5.64. The molecule has 13 heavy (non-hydrogen) atoms. The molecule has 0 aromatic heterocycles. The van der Waals surface area contributed by atoms with E-state index in [1.807, 2.05) is 13.8 Å². The van der Waals surface area contributed by atoms with Crippen LogP contribution in [0, 0.1) is 5.41 Å². The minimum absolute atomic E-state index is 0.00457. The quantitative estimate of drug-likeness (QED) is 0.509. The molecule has 0 unspecified atom stereocenters. The first kappa shape index (κ1) is 12.4. The standard InChI is InChI=1S/C9H15ClO3/c1-9(2,4-7(11)6-10)5-8(12)13-3/h4-6H2,1-3H3. The first-order valence-electron chi connectivity index (χ1n) is 4.06. The third-order valence-electron chi connectivity index (χ3n) is 1.68. The Hall–Kier alpha value is -0.570. The normalized spacial score (nSPS) is 11.1. The number of ether oxygens (including phenoxy) is 1. The molecule has 0 aliphatic heterocycles. The number of rotatable bonds is 5. The average molecular weight is 207 g/mol. The summed E-state index contributed by atoms with van der Waals surface area (Å²) in [5.74, 6) is -0.340. The van der Waals surface area contributed by atoms with Crippen molar-refractivity contribution in [3.05, 3.63) is 0 Å². The fourth-order valence-electron chi connectivity index (χ4n) is 1.11. The highest BCUT2D eigenvalue weighted by molar-refractivity contribution is 6.27. The van der Waals surface area contributed by atoms with Crippen molar-refractivity contribution in [2.75, 3.05) is 13.0 Å². The van der Waals surface area contributed by atoms with Crippen molar-refractivity contribution in [3.63, 3.8) is 0 Å². The first-order chi connectivity index (χ1) is 5.91. The summed E-state index contributed by atoms with van der Waals surface area (Å²) >= 11 is 5.36. The zero-order valence-electron chi connectivity index (χ0n) is 8.22. The van der Waals surface area contributed by atoms with Gasteiger partial charge in [0, 0.05) is 6.42 Å².